The Kier molecular flexibility index (Phi) is 6.16. The second-order valence-electron chi connectivity index (χ2n) is 8.40. The summed E-state index contributed by atoms with van der Waals surface area (Å²) in [6.07, 6.45) is 1.26. The van der Waals surface area contributed by atoms with Crippen LogP contribution >= 0.6 is 0 Å². The maximum Gasteiger partial charge on any atom is 0.411 e. The number of aliphatic carboxylic acids is 1. The van der Waals surface area contributed by atoms with Crippen LogP contribution in [0.5, 0.6) is 0 Å². The first kappa shape index (κ1) is 20.5. The summed E-state index contributed by atoms with van der Waals surface area (Å²) in [7, 11) is 3.95. The minimum Gasteiger partial charge on any atom is -0.480 e. The van der Waals surface area contributed by atoms with Gasteiger partial charge in [-0.1, -0.05) is 0 Å². The van der Waals surface area contributed by atoms with E-state index in [-0.39, 0.29) is 18.5 Å². The van der Waals surface area contributed by atoms with E-state index in [1.54, 1.807) is 25.7 Å². The second kappa shape index (κ2) is 7.82. The van der Waals surface area contributed by atoms with Crippen molar-refractivity contribution in [3.8, 4) is 0 Å². The summed E-state index contributed by atoms with van der Waals surface area (Å²) in [6.45, 7) is 6.71. The number of hydrogen-bond donors (Lipinski definition) is 1. The Bertz CT molecular complexity index is 558. The zero-order valence-corrected chi connectivity index (χ0v) is 16.4. The molecule has 8 nitrogen and oxygen atoms in total. The topological polar surface area (TPSA) is 90.4 Å². The van der Waals surface area contributed by atoms with Gasteiger partial charge in [-0.15, -0.1) is 0 Å². The highest BCUT2D eigenvalue weighted by molar-refractivity contribution is 5.89. The van der Waals surface area contributed by atoms with Gasteiger partial charge in [0.1, 0.15) is 11.6 Å². The molecule has 0 aromatic heterocycles. The Balaban J connectivity index is 2.15. The highest BCUT2D eigenvalue weighted by Crippen LogP contribution is 2.29. The molecule has 2 heterocycles. The first-order chi connectivity index (χ1) is 12.0. The fraction of sp³-hybridized carbons (Fsp3) is 0.833. The molecule has 2 fully saturated rings. The van der Waals surface area contributed by atoms with E-state index in [0.717, 1.165) is 6.42 Å². The lowest BCUT2D eigenvalue weighted by Gasteiger charge is -2.39. The number of hydrogen-bond acceptors (Lipinski definition) is 5. The molecule has 0 saturated carbocycles. The molecule has 2 aliphatic rings. The highest BCUT2D eigenvalue weighted by atomic mass is 16.6. The Labute approximate surface area is 155 Å². The molecule has 148 valence electrons. The number of carbonyl (C=O) groups is 3. The van der Waals surface area contributed by atoms with E-state index in [1.807, 2.05) is 14.1 Å². The number of piperidine rings is 1. The lowest BCUT2D eigenvalue weighted by Crippen LogP contribution is -2.57. The number of nitrogens with zero attached hydrogens (tertiary/aromatic N) is 3. The van der Waals surface area contributed by atoms with Gasteiger partial charge >= 0.3 is 12.1 Å². The van der Waals surface area contributed by atoms with E-state index in [0.29, 0.717) is 25.9 Å². The van der Waals surface area contributed by atoms with Gasteiger partial charge in [0.25, 0.3) is 0 Å². The number of ether oxygens (including phenoxy) is 1. The number of amides is 2. The minimum atomic E-state index is -1.18. The van der Waals surface area contributed by atoms with Gasteiger partial charge in [0.15, 0.2) is 0 Å². The van der Waals surface area contributed by atoms with Crippen molar-refractivity contribution in [2.75, 3.05) is 33.7 Å². The van der Waals surface area contributed by atoms with Gasteiger partial charge in [-0.2, -0.15) is 0 Å². The molecule has 0 spiro atoms. The van der Waals surface area contributed by atoms with Crippen LogP contribution in [0.4, 0.5) is 4.79 Å². The normalized spacial score (nSPS) is 26.9. The van der Waals surface area contributed by atoms with Crippen LogP contribution in [0.15, 0.2) is 0 Å². The Morgan fingerprint density at radius 3 is 2.27 bits per heavy atom. The first-order valence-corrected chi connectivity index (χ1v) is 9.19. The molecule has 2 rings (SSSR count). The van der Waals surface area contributed by atoms with Crippen molar-refractivity contribution in [3.05, 3.63) is 0 Å². The minimum absolute atomic E-state index is 0.171. The summed E-state index contributed by atoms with van der Waals surface area (Å²) in [6, 6.07) is -0.891. The highest BCUT2D eigenvalue weighted by Gasteiger charge is 2.46. The van der Waals surface area contributed by atoms with Gasteiger partial charge in [0.05, 0.1) is 5.92 Å². The number of rotatable bonds is 3. The quantitative estimate of drug-likeness (QED) is 0.805. The smallest absolute Gasteiger partial charge is 0.411 e. The predicted octanol–water partition coefficient (Wildman–Crippen LogP) is 1.25. The van der Waals surface area contributed by atoms with Crippen molar-refractivity contribution >= 4 is 18.0 Å². The zero-order valence-electron chi connectivity index (χ0n) is 16.4. The van der Waals surface area contributed by atoms with Crippen LogP contribution in [-0.4, -0.2) is 89.2 Å². The molecule has 0 radical (unpaired) electrons. The van der Waals surface area contributed by atoms with Crippen LogP contribution in [0.25, 0.3) is 0 Å². The third kappa shape index (κ3) is 4.66. The SMILES string of the molecule is CN(C)[C@H]1CCN(C(=O)[C@H]2CCCN(C(=O)OC(C)(C)C)[C@H]2C(=O)O)C1. The molecule has 0 aliphatic carbocycles. The van der Waals surface area contributed by atoms with Crippen LogP contribution in [0.1, 0.15) is 40.0 Å². The molecule has 0 aromatic carbocycles. The largest absolute Gasteiger partial charge is 0.480 e. The van der Waals surface area contributed by atoms with E-state index < -0.39 is 29.6 Å². The summed E-state index contributed by atoms with van der Waals surface area (Å²) in [5, 5.41) is 9.73. The molecule has 0 unspecified atom stereocenters. The van der Waals surface area contributed by atoms with Crippen molar-refractivity contribution in [2.45, 2.75) is 57.7 Å². The summed E-state index contributed by atoms with van der Waals surface area (Å²) in [4.78, 5) is 42.4. The predicted molar refractivity (Wildman–Crippen MR) is 95.8 cm³/mol. The molecule has 2 aliphatic heterocycles. The fourth-order valence-corrected chi connectivity index (χ4v) is 3.68. The maximum atomic E-state index is 13.0. The fourth-order valence-electron chi connectivity index (χ4n) is 3.68. The van der Waals surface area contributed by atoms with E-state index >= 15 is 0 Å². The molecule has 0 aromatic rings. The molecule has 1 N–H and O–H groups in total. The molecule has 2 amide bonds. The molecule has 3 atom stereocenters. The number of carboxylic acids is 1. The third-order valence-corrected chi connectivity index (χ3v) is 5.03. The number of likely N-dealkylation sites (tertiary alicyclic amines) is 2. The standard InChI is InChI=1S/C18H31N3O5/c1-18(2,3)26-17(25)21-9-6-7-13(14(21)16(23)24)15(22)20-10-8-12(11-20)19(4)5/h12-14H,6-11H2,1-5H3,(H,23,24)/t12-,13-,14+/m0/s1. The van der Waals surface area contributed by atoms with Crippen molar-refractivity contribution in [2.24, 2.45) is 5.92 Å². The first-order valence-electron chi connectivity index (χ1n) is 9.19. The molecule has 8 heteroatoms. The van der Waals surface area contributed by atoms with Gasteiger partial charge in [-0.3, -0.25) is 9.69 Å². The number of carbonyl (C=O) groups excluding carboxylic acids is 2. The van der Waals surface area contributed by atoms with Crippen LogP contribution in [0.2, 0.25) is 0 Å². The van der Waals surface area contributed by atoms with Crippen LogP contribution in [0.3, 0.4) is 0 Å². The van der Waals surface area contributed by atoms with Gasteiger partial charge in [0.2, 0.25) is 5.91 Å². The van der Waals surface area contributed by atoms with Gasteiger partial charge in [-0.25, -0.2) is 9.59 Å². The monoisotopic (exact) mass is 369 g/mol. The number of carboxylic acid groups (broad SMARTS) is 1. The summed E-state index contributed by atoms with van der Waals surface area (Å²) in [5.41, 5.74) is -0.717. The lowest BCUT2D eigenvalue weighted by molar-refractivity contribution is -0.154. The van der Waals surface area contributed by atoms with Crippen molar-refractivity contribution in [3.63, 3.8) is 0 Å². The van der Waals surface area contributed by atoms with E-state index in [4.69, 9.17) is 4.74 Å². The van der Waals surface area contributed by atoms with Gasteiger partial charge in [0, 0.05) is 25.7 Å². The average molecular weight is 369 g/mol. The second-order valence-corrected chi connectivity index (χ2v) is 8.40. The third-order valence-electron chi connectivity index (χ3n) is 5.03. The van der Waals surface area contributed by atoms with Crippen molar-refractivity contribution in [1.82, 2.24) is 14.7 Å². The lowest BCUT2D eigenvalue weighted by atomic mass is 9.88. The Morgan fingerprint density at radius 1 is 1.12 bits per heavy atom. The summed E-state index contributed by atoms with van der Waals surface area (Å²) >= 11 is 0. The Hall–Kier alpha value is -1.83. The van der Waals surface area contributed by atoms with Gasteiger partial charge in [-0.05, 0) is 54.1 Å². The zero-order chi connectivity index (χ0) is 19.6. The van der Waals surface area contributed by atoms with Crippen LogP contribution < -0.4 is 0 Å². The van der Waals surface area contributed by atoms with Crippen LogP contribution in [-0.2, 0) is 14.3 Å². The molecular weight excluding hydrogens is 338 g/mol. The van der Waals surface area contributed by atoms with Gasteiger partial charge < -0.3 is 19.6 Å². The van der Waals surface area contributed by atoms with E-state index in [2.05, 4.69) is 4.90 Å². The summed E-state index contributed by atoms with van der Waals surface area (Å²) in [5.74, 6) is -2.05. The average Bonchev–Trinajstić information content (AvgIpc) is 3.01. The van der Waals surface area contributed by atoms with Crippen molar-refractivity contribution in [1.29, 1.82) is 0 Å². The molecule has 2 saturated heterocycles. The maximum absolute atomic E-state index is 13.0. The molecular formula is C18H31N3O5. The Morgan fingerprint density at radius 2 is 1.77 bits per heavy atom. The summed E-state index contributed by atoms with van der Waals surface area (Å²) < 4.78 is 5.35. The molecule has 0 bridgehead atoms. The van der Waals surface area contributed by atoms with Crippen LogP contribution in [0, 0.1) is 5.92 Å². The van der Waals surface area contributed by atoms with E-state index in [9.17, 15) is 19.5 Å². The molecule has 26 heavy (non-hydrogen) atoms. The van der Waals surface area contributed by atoms with E-state index in [1.165, 1.54) is 4.90 Å². The number of likely N-dealkylation sites (N-methyl/N-ethyl adjacent to an activating group) is 1. The van der Waals surface area contributed by atoms with Crippen molar-refractivity contribution < 1.29 is 24.2 Å².